The van der Waals surface area contributed by atoms with Gasteiger partial charge in [-0.25, -0.2) is 0 Å². The van der Waals surface area contributed by atoms with E-state index in [0.29, 0.717) is 0 Å². The van der Waals surface area contributed by atoms with Crippen molar-refractivity contribution in [1.82, 2.24) is 10.2 Å². The van der Waals surface area contributed by atoms with Gasteiger partial charge >= 0.3 is 0 Å². The van der Waals surface area contributed by atoms with E-state index in [1.54, 1.807) is 0 Å². The molecular weight excluding hydrogens is 340 g/mol. The molecule has 0 bridgehead atoms. The molecule has 1 aromatic rings. The Labute approximate surface area is 167 Å². The molecule has 1 atom stereocenters. The molecule has 3 heteroatoms. The number of halogens is 1. The predicted octanol–water partition coefficient (Wildman–Crippen LogP) is 7.01. The van der Waals surface area contributed by atoms with Crippen molar-refractivity contribution >= 4 is 12.4 Å². The van der Waals surface area contributed by atoms with Crippen LogP contribution in [0.15, 0.2) is 42.7 Å². The van der Waals surface area contributed by atoms with Crippen molar-refractivity contribution in [2.45, 2.75) is 96.7 Å². The van der Waals surface area contributed by atoms with Gasteiger partial charge in [0.1, 0.15) is 5.66 Å². The lowest BCUT2D eigenvalue weighted by Crippen LogP contribution is -2.48. The van der Waals surface area contributed by atoms with Crippen LogP contribution in [0.4, 0.5) is 0 Å². The molecule has 0 saturated carbocycles. The maximum atomic E-state index is 3.58. The molecule has 1 aliphatic heterocycles. The van der Waals surface area contributed by atoms with Crippen molar-refractivity contribution in [2.24, 2.45) is 0 Å². The van der Waals surface area contributed by atoms with Crippen molar-refractivity contribution in [3.63, 3.8) is 0 Å². The van der Waals surface area contributed by atoms with Crippen LogP contribution in [0.2, 0.25) is 0 Å². The molecule has 0 saturated heterocycles. The molecule has 2 nitrogen and oxygen atoms in total. The van der Waals surface area contributed by atoms with Crippen molar-refractivity contribution in [3.05, 3.63) is 48.3 Å². The van der Waals surface area contributed by atoms with E-state index in [-0.39, 0.29) is 18.1 Å². The summed E-state index contributed by atoms with van der Waals surface area (Å²) in [4.78, 5) is 2.45. The predicted molar refractivity (Wildman–Crippen MR) is 116 cm³/mol. The summed E-state index contributed by atoms with van der Waals surface area (Å²) in [5.74, 6) is 0. The van der Waals surface area contributed by atoms with Crippen LogP contribution in [0.1, 0.15) is 90.0 Å². The fourth-order valence-corrected chi connectivity index (χ4v) is 3.73. The molecule has 0 fully saturated rings. The van der Waals surface area contributed by atoms with Gasteiger partial charge in [-0.3, -0.25) is 0 Å². The second kappa shape index (κ2) is 13.1. The Morgan fingerprint density at radius 3 is 2.04 bits per heavy atom. The second-order valence-electron chi connectivity index (χ2n) is 7.78. The molecule has 148 valence electrons. The maximum Gasteiger partial charge on any atom is 0.107 e. The average molecular weight is 379 g/mol. The summed E-state index contributed by atoms with van der Waals surface area (Å²) < 4.78 is 0. The molecule has 2 rings (SSSR count). The van der Waals surface area contributed by atoms with Crippen molar-refractivity contribution in [3.8, 4) is 0 Å². The number of rotatable bonds is 13. The summed E-state index contributed by atoms with van der Waals surface area (Å²) in [6, 6.07) is 10.8. The molecule has 0 amide bonds. The van der Waals surface area contributed by atoms with E-state index < -0.39 is 0 Å². The zero-order valence-corrected chi connectivity index (χ0v) is 17.7. The topological polar surface area (TPSA) is 15.3 Å². The summed E-state index contributed by atoms with van der Waals surface area (Å²) in [7, 11) is 0. The SMILES string of the molecule is CCCCCCCCCCCCC1(C)NC=CN1Cc1ccccc1.Cl. The highest BCUT2D eigenvalue weighted by atomic mass is 35.5. The van der Waals surface area contributed by atoms with Crippen molar-refractivity contribution < 1.29 is 0 Å². The first-order chi connectivity index (χ1) is 12.2. The van der Waals surface area contributed by atoms with Gasteiger partial charge in [0, 0.05) is 18.9 Å². The van der Waals surface area contributed by atoms with Gasteiger partial charge in [0.2, 0.25) is 0 Å². The lowest BCUT2D eigenvalue weighted by molar-refractivity contribution is 0.139. The number of nitrogens with zero attached hydrogens (tertiary/aromatic N) is 1. The molecular formula is C23H39ClN2. The van der Waals surface area contributed by atoms with Crippen LogP contribution in [0.5, 0.6) is 0 Å². The Morgan fingerprint density at radius 1 is 0.846 bits per heavy atom. The van der Waals surface area contributed by atoms with Gasteiger partial charge < -0.3 is 10.2 Å². The van der Waals surface area contributed by atoms with E-state index in [1.807, 2.05) is 0 Å². The maximum absolute atomic E-state index is 3.58. The first-order valence-electron chi connectivity index (χ1n) is 10.5. The highest BCUT2D eigenvalue weighted by Crippen LogP contribution is 2.26. The minimum Gasteiger partial charge on any atom is -0.368 e. The Hall–Kier alpha value is -1.15. The number of hydrogen-bond donors (Lipinski definition) is 1. The minimum absolute atomic E-state index is 0. The van der Waals surface area contributed by atoms with Gasteiger partial charge in [-0.05, 0) is 25.3 Å². The van der Waals surface area contributed by atoms with Crippen LogP contribution in [0.25, 0.3) is 0 Å². The fraction of sp³-hybridized carbons (Fsp3) is 0.652. The molecule has 1 aromatic carbocycles. The normalized spacial score (nSPS) is 18.6. The van der Waals surface area contributed by atoms with Crippen LogP contribution in [-0.4, -0.2) is 10.6 Å². The summed E-state index contributed by atoms with van der Waals surface area (Å²) >= 11 is 0. The summed E-state index contributed by atoms with van der Waals surface area (Å²) in [6.07, 6.45) is 19.5. The van der Waals surface area contributed by atoms with Gasteiger partial charge in [0.25, 0.3) is 0 Å². The third-order valence-electron chi connectivity index (χ3n) is 5.50. The minimum atomic E-state index is 0. The summed E-state index contributed by atoms with van der Waals surface area (Å²) in [5.41, 5.74) is 1.46. The number of hydrogen-bond acceptors (Lipinski definition) is 2. The van der Waals surface area contributed by atoms with E-state index in [0.717, 1.165) is 6.54 Å². The summed E-state index contributed by atoms with van der Waals surface area (Å²) in [5, 5.41) is 3.58. The molecule has 1 aliphatic rings. The first-order valence-corrected chi connectivity index (χ1v) is 10.5. The lowest BCUT2D eigenvalue weighted by Gasteiger charge is -2.37. The third-order valence-corrected chi connectivity index (χ3v) is 5.50. The second-order valence-corrected chi connectivity index (χ2v) is 7.78. The van der Waals surface area contributed by atoms with E-state index in [2.05, 4.69) is 66.8 Å². The quantitative estimate of drug-likeness (QED) is 0.371. The van der Waals surface area contributed by atoms with Crippen molar-refractivity contribution in [1.29, 1.82) is 0 Å². The molecule has 1 heterocycles. The number of unbranched alkanes of at least 4 members (excludes halogenated alkanes) is 9. The smallest absolute Gasteiger partial charge is 0.107 e. The Balaban J connectivity index is 0.00000338. The molecule has 1 unspecified atom stereocenters. The van der Waals surface area contributed by atoms with Gasteiger partial charge in [-0.15, -0.1) is 12.4 Å². The van der Waals surface area contributed by atoms with Crippen molar-refractivity contribution in [2.75, 3.05) is 0 Å². The molecule has 26 heavy (non-hydrogen) atoms. The highest BCUT2D eigenvalue weighted by Gasteiger charge is 2.31. The average Bonchev–Trinajstić information content (AvgIpc) is 2.98. The van der Waals surface area contributed by atoms with Gasteiger partial charge in [-0.2, -0.15) is 0 Å². The van der Waals surface area contributed by atoms with Gasteiger partial charge in [0.15, 0.2) is 0 Å². The fourth-order valence-electron chi connectivity index (χ4n) is 3.73. The zero-order valence-electron chi connectivity index (χ0n) is 16.9. The number of benzene rings is 1. The van der Waals surface area contributed by atoms with E-state index >= 15 is 0 Å². The van der Waals surface area contributed by atoms with Gasteiger partial charge in [-0.1, -0.05) is 95.0 Å². The molecule has 0 radical (unpaired) electrons. The Kier molecular flexibility index (Phi) is 11.5. The molecule has 0 aromatic heterocycles. The van der Waals surface area contributed by atoms with Crippen LogP contribution in [0.3, 0.4) is 0 Å². The highest BCUT2D eigenvalue weighted by molar-refractivity contribution is 5.85. The van der Waals surface area contributed by atoms with Crippen LogP contribution in [0, 0.1) is 0 Å². The molecule has 1 N–H and O–H groups in total. The van der Waals surface area contributed by atoms with Gasteiger partial charge in [0.05, 0.1) is 0 Å². The largest absolute Gasteiger partial charge is 0.368 e. The van der Waals surface area contributed by atoms with E-state index in [1.165, 1.54) is 76.2 Å². The van der Waals surface area contributed by atoms with Crippen LogP contribution >= 0.6 is 12.4 Å². The Morgan fingerprint density at radius 2 is 1.42 bits per heavy atom. The van der Waals surface area contributed by atoms with E-state index in [4.69, 9.17) is 0 Å². The zero-order chi connectivity index (χ0) is 17.8. The first kappa shape index (κ1) is 22.9. The Bertz CT molecular complexity index is 488. The monoisotopic (exact) mass is 378 g/mol. The standard InChI is InChI=1S/C23H38N2.ClH/c1-3-4-5-6-7-8-9-10-11-15-18-23(2)24-19-20-25(23)21-22-16-13-12-14-17-22;/h12-14,16-17,19-20,24H,3-11,15,18,21H2,1-2H3;1H. The van der Waals surface area contributed by atoms with E-state index in [9.17, 15) is 0 Å². The summed E-state index contributed by atoms with van der Waals surface area (Å²) in [6.45, 7) is 5.61. The lowest BCUT2D eigenvalue weighted by atomic mass is 10.00. The third kappa shape index (κ3) is 8.03. The van der Waals surface area contributed by atoms with Crippen LogP contribution < -0.4 is 5.32 Å². The van der Waals surface area contributed by atoms with Crippen LogP contribution in [-0.2, 0) is 6.54 Å². The molecule has 0 spiro atoms. The number of nitrogens with one attached hydrogen (secondary N) is 1. The molecule has 0 aliphatic carbocycles.